The first kappa shape index (κ1) is 16.7. The lowest BCUT2D eigenvalue weighted by molar-refractivity contribution is 0.992. The summed E-state index contributed by atoms with van der Waals surface area (Å²) in [7, 11) is 0. The predicted octanol–water partition coefficient (Wildman–Crippen LogP) is 6.29. The first-order valence-electron chi connectivity index (χ1n) is 8.82. The molecule has 27 heavy (non-hydrogen) atoms. The van der Waals surface area contributed by atoms with Crippen LogP contribution in [-0.4, -0.2) is 16.2 Å². The number of aryl methyl sites for hydroxylation is 2. The molecule has 1 aliphatic heterocycles. The first-order valence-corrected chi connectivity index (χ1v) is 10.1. The maximum absolute atomic E-state index is 5.62. The van der Waals surface area contributed by atoms with Crippen LogP contribution < -0.4 is 0 Å². The number of nitrogens with one attached hydrogen (secondary N) is 1. The Labute approximate surface area is 166 Å². The van der Waals surface area contributed by atoms with Crippen LogP contribution in [0.4, 0.5) is 0 Å². The minimum absolute atomic E-state index is 0.0819. The van der Waals surface area contributed by atoms with Crippen LogP contribution in [0.1, 0.15) is 27.6 Å². The zero-order valence-electron chi connectivity index (χ0n) is 15.0. The summed E-state index contributed by atoms with van der Waals surface area (Å²) in [6.07, 6.45) is 1.93. The predicted molar refractivity (Wildman–Crippen MR) is 117 cm³/mol. The van der Waals surface area contributed by atoms with E-state index in [4.69, 9.17) is 22.2 Å². The van der Waals surface area contributed by atoms with Crippen LogP contribution >= 0.6 is 24.0 Å². The van der Waals surface area contributed by atoms with E-state index < -0.39 is 0 Å². The molecule has 1 unspecified atom stereocenters. The second-order valence-corrected chi connectivity index (χ2v) is 8.45. The fraction of sp³-hybridized carbons (Fsp3) is 0.136. The average molecular weight is 388 g/mol. The van der Waals surface area contributed by atoms with E-state index in [1.54, 1.807) is 11.8 Å². The molecule has 1 N–H and O–H groups in total. The quantitative estimate of drug-likeness (QED) is 0.390. The topological polar surface area (TPSA) is 41.0 Å². The van der Waals surface area contributed by atoms with Gasteiger partial charge < -0.3 is 4.98 Å². The number of aromatic nitrogens is 2. The van der Waals surface area contributed by atoms with Crippen LogP contribution in [0.15, 0.2) is 58.5 Å². The summed E-state index contributed by atoms with van der Waals surface area (Å²) in [5, 5.41) is 3.23. The molecular weight excluding hydrogens is 370 g/mol. The van der Waals surface area contributed by atoms with Crippen LogP contribution in [0.3, 0.4) is 0 Å². The summed E-state index contributed by atoms with van der Waals surface area (Å²) < 4.78 is 0.737. The zero-order valence-corrected chi connectivity index (χ0v) is 16.6. The van der Waals surface area contributed by atoms with Crippen molar-refractivity contribution in [3.05, 3.63) is 75.4 Å². The van der Waals surface area contributed by atoms with E-state index in [9.17, 15) is 0 Å². The third kappa shape index (κ3) is 2.97. The number of rotatable bonds is 1. The fourth-order valence-electron chi connectivity index (χ4n) is 3.44. The van der Waals surface area contributed by atoms with Gasteiger partial charge in [0.15, 0.2) is 0 Å². The van der Waals surface area contributed by atoms with Crippen LogP contribution in [0.25, 0.3) is 21.8 Å². The smallest absolute Gasteiger partial charge is 0.129 e. The van der Waals surface area contributed by atoms with Gasteiger partial charge in [-0.3, -0.25) is 4.99 Å². The highest BCUT2D eigenvalue weighted by Crippen LogP contribution is 2.41. The second-order valence-electron chi connectivity index (χ2n) is 6.97. The van der Waals surface area contributed by atoms with Gasteiger partial charge in [0.05, 0.1) is 5.52 Å². The van der Waals surface area contributed by atoms with E-state index in [-0.39, 0.29) is 5.37 Å². The molecule has 1 aliphatic rings. The van der Waals surface area contributed by atoms with E-state index in [0.29, 0.717) is 0 Å². The number of H-pyrrole nitrogens is 1. The van der Waals surface area contributed by atoms with Gasteiger partial charge in [-0.05, 0) is 55.6 Å². The lowest BCUT2D eigenvalue weighted by Gasteiger charge is -2.19. The molecule has 0 fully saturated rings. The number of hydrogen-bond acceptors (Lipinski definition) is 4. The number of nitrogens with zero attached hydrogens (tertiary/aromatic N) is 2. The number of pyridine rings is 2. The van der Waals surface area contributed by atoms with Crippen molar-refractivity contribution in [1.29, 1.82) is 0 Å². The molecule has 3 heterocycles. The molecule has 0 radical (unpaired) electrons. The summed E-state index contributed by atoms with van der Waals surface area (Å²) in [5.41, 5.74) is 6.63. The number of benzene rings is 2. The molecule has 0 saturated heterocycles. The maximum atomic E-state index is 5.62. The summed E-state index contributed by atoms with van der Waals surface area (Å²) in [5.74, 6) is 0. The minimum Gasteiger partial charge on any atom is -0.346 e. The SMILES string of the molecule is Cc1ccc2nc3c(cc2c1)C=NC(c1cc2cc(C)ccc2[nH]c1=S)S3. The van der Waals surface area contributed by atoms with Gasteiger partial charge in [-0.25, -0.2) is 4.98 Å². The van der Waals surface area contributed by atoms with Crippen LogP contribution in [0.2, 0.25) is 0 Å². The molecule has 0 saturated carbocycles. The van der Waals surface area contributed by atoms with Gasteiger partial charge in [-0.15, -0.1) is 0 Å². The van der Waals surface area contributed by atoms with Crippen molar-refractivity contribution < 1.29 is 0 Å². The van der Waals surface area contributed by atoms with Crippen molar-refractivity contribution in [3.8, 4) is 0 Å². The largest absolute Gasteiger partial charge is 0.346 e. The molecule has 0 spiro atoms. The van der Waals surface area contributed by atoms with E-state index in [1.165, 1.54) is 11.1 Å². The fourth-order valence-corrected chi connectivity index (χ4v) is 4.84. The Morgan fingerprint density at radius 1 is 0.963 bits per heavy atom. The zero-order chi connectivity index (χ0) is 18.5. The highest BCUT2D eigenvalue weighted by atomic mass is 32.2. The van der Waals surface area contributed by atoms with Crippen LogP contribution in [0.5, 0.6) is 0 Å². The molecule has 0 amide bonds. The number of hydrogen-bond donors (Lipinski definition) is 1. The van der Waals surface area contributed by atoms with Crippen molar-refractivity contribution in [2.45, 2.75) is 24.2 Å². The number of fused-ring (bicyclic) bond motifs is 3. The number of thioether (sulfide) groups is 1. The van der Waals surface area contributed by atoms with Crippen LogP contribution in [-0.2, 0) is 0 Å². The Bertz CT molecular complexity index is 1300. The monoisotopic (exact) mass is 387 g/mol. The number of aliphatic imine (C=N–C) groups is 1. The first-order chi connectivity index (χ1) is 13.1. The van der Waals surface area contributed by atoms with E-state index in [2.05, 4.69) is 67.4 Å². The molecule has 3 nitrogen and oxygen atoms in total. The molecule has 0 aliphatic carbocycles. The Kier molecular flexibility index (Phi) is 3.88. The van der Waals surface area contributed by atoms with E-state index >= 15 is 0 Å². The Morgan fingerprint density at radius 3 is 2.59 bits per heavy atom. The Hall–Kier alpha value is -2.50. The van der Waals surface area contributed by atoms with Gasteiger partial charge in [-0.1, -0.05) is 47.2 Å². The van der Waals surface area contributed by atoms with Gasteiger partial charge in [-0.2, -0.15) is 0 Å². The summed E-state index contributed by atoms with van der Waals surface area (Å²) in [4.78, 5) is 13.0. The molecule has 5 rings (SSSR count). The minimum atomic E-state index is -0.0819. The lowest BCUT2D eigenvalue weighted by Crippen LogP contribution is -2.03. The Balaban J connectivity index is 1.60. The van der Waals surface area contributed by atoms with Crippen molar-refractivity contribution in [2.75, 3.05) is 0 Å². The summed E-state index contributed by atoms with van der Waals surface area (Å²) in [6.45, 7) is 4.20. The molecule has 132 valence electrons. The molecule has 2 aromatic heterocycles. The van der Waals surface area contributed by atoms with Crippen molar-refractivity contribution >= 4 is 52.0 Å². The second kappa shape index (κ2) is 6.29. The highest BCUT2D eigenvalue weighted by molar-refractivity contribution is 7.99. The average Bonchev–Trinajstić information content (AvgIpc) is 2.66. The summed E-state index contributed by atoms with van der Waals surface area (Å²) >= 11 is 7.28. The van der Waals surface area contributed by atoms with Gasteiger partial charge in [0.2, 0.25) is 0 Å². The molecule has 1 atom stereocenters. The normalized spacial score (nSPS) is 16.0. The van der Waals surface area contributed by atoms with Crippen molar-refractivity contribution in [1.82, 2.24) is 9.97 Å². The summed E-state index contributed by atoms with van der Waals surface area (Å²) in [6, 6.07) is 17.0. The molecule has 2 aromatic carbocycles. The van der Waals surface area contributed by atoms with Crippen molar-refractivity contribution in [3.63, 3.8) is 0 Å². The maximum Gasteiger partial charge on any atom is 0.129 e. The number of aromatic amines is 1. The van der Waals surface area contributed by atoms with Gasteiger partial charge in [0.25, 0.3) is 0 Å². The molecular formula is C22H17N3S2. The van der Waals surface area contributed by atoms with E-state index in [1.807, 2.05) is 6.21 Å². The standard InChI is InChI=1S/C22H17N3S2/c1-12-4-6-19-14(7-12)9-16-11-23-22(27-21(16)25-19)17-10-15-8-13(2)3-5-18(15)24-20(17)26/h3-11,22H,1-2H3,(H,24,26). The van der Waals surface area contributed by atoms with Crippen molar-refractivity contribution in [2.24, 2.45) is 4.99 Å². The highest BCUT2D eigenvalue weighted by Gasteiger charge is 2.21. The Morgan fingerprint density at radius 2 is 1.74 bits per heavy atom. The molecule has 0 bridgehead atoms. The van der Waals surface area contributed by atoms with Crippen LogP contribution in [0, 0.1) is 18.5 Å². The van der Waals surface area contributed by atoms with E-state index in [0.717, 1.165) is 42.6 Å². The third-order valence-electron chi connectivity index (χ3n) is 4.83. The lowest BCUT2D eigenvalue weighted by atomic mass is 10.1. The van der Waals surface area contributed by atoms with Gasteiger partial charge in [0.1, 0.15) is 15.0 Å². The third-order valence-corrected chi connectivity index (χ3v) is 6.32. The molecule has 4 aromatic rings. The molecule has 5 heteroatoms. The van der Waals surface area contributed by atoms with Gasteiger partial charge >= 0.3 is 0 Å². The van der Waals surface area contributed by atoms with Gasteiger partial charge in [0, 0.05) is 28.2 Å².